The highest BCUT2D eigenvalue weighted by molar-refractivity contribution is 5.90. The lowest BCUT2D eigenvalue weighted by molar-refractivity contribution is -0.127. The van der Waals surface area contributed by atoms with Crippen LogP contribution < -0.4 is 5.32 Å². The van der Waals surface area contributed by atoms with E-state index in [4.69, 9.17) is 0 Å². The highest BCUT2D eigenvalue weighted by Gasteiger charge is 2.39. The summed E-state index contributed by atoms with van der Waals surface area (Å²) in [5.74, 6) is 0.491. The molecule has 0 saturated heterocycles. The van der Waals surface area contributed by atoms with Gasteiger partial charge in [0.15, 0.2) is 5.78 Å². The predicted molar refractivity (Wildman–Crippen MR) is 62.3 cm³/mol. The number of carbonyl (C=O) groups is 1. The third-order valence-electron chi connectivity index (χ3n) is 3.47. The van der Waals surface area contributed by atoms with E-state index in [-0.39, 0.29) is 11.5 Å². The zero-order valence-electron chi connectivity index (χ0n) is 9.49. The molecule has 1 aromatic rings. The van der Waals surface area contributed by atoms with Crippen LogP contribution in [0.5, 0.6) is 5.75 Å². The number of rotatable bonds is 2. The van der Waals surface area contributed by atoms with Crippen molar-refractivity contribution in [1.29, 1.82) is 0 Å². The van der Waals surface area contributed by atoms with E-state index < -0.39 is 5.54 Å². The molecule has 16 heavy (non-hydrogen) atoms. The molecule has 3 heteroatoms. The quantitative estimate of drug-likeness (QED) is 0.799. The van der Waals surface area contributed by atoms with Crippen LogP contribution in [0.15, 0.2) is 24.3 Å². The van der Waals surface area contributed by atoms with Gasteiger partial charge in [0.2, 0.25) is 0 Å². The van der Waals surface area contributed by atoms with Gasteiger partial charge in [-0.3, -0.25) is 4.79 Å². The Hall–Kier alpha value is -1.35. The number of likely N-dealkylation sites (N-methyl/N-ethyl adjacent to an activating group) is 1. The molecular weight excluding hydrogens is 202 g/mol. The zero-order chi connectivity index (χ0) is 11.6. The van der Waals surface area contributed by atoms with Gasteiger partial charge >= 0.3 is 0 Å². The van der Waals surface area contributed by atoms with Crippen molar-refractivity contribution in [1.82, 2.24) is 5.32 Å². The van der Waals surface area contributed by atoms with Crippen LogP contribution in [-0.2, 0) is 10.3 Å². The molecule has 0 heterocycles. The van der Waals surface area contributed by atoms with Crippen molar-refractivity contribution in [3.05, 3.63) is 29.8 Å². The standard InChI is InChI=1S/C13H17NO2/c1-14-13(9-3-2-4-12(13)16)10-5-7-11(15)8-6-10/h5-8,14-15H,2-4,9H2,1H3. The largest absolute Gasteiger partial charge is 0.508 e. The molecule has 0 bridgehead atoms. The maximum absolute atomic E-state index is 12.1. The Morgan fingerprint density at radius 1 is 1.25 bits per heavy atom. The number of aromatic hydroxyl groups is 1. The molecule has 0 amide bonds. The van der Waals surface area contributed by atoms with Crippen LogP contribution in [0.3, 0.4) is 0 Å². The van der Waals surface area contributed by atoms with Gasteiger partial charge in [-0.1, -0.05) is 18.6 Å². The van der Waals surface area contributed by atoms with E-state index in [9.17, 15) is 9.90 Å². The minimum atomic E-state index is -0.536. The lowest BCUT2D eigenvalue weighted by Gasteiger charge is -2.36. The molecule has 0 aliphatic heterocycles. The van der Waals surface area contributed by atoms with E-state index in [1.54, 1.807) is 12.1 Å². The topological polar surface area (TPSA) is 49.3 Å². The van der Waals surface area contributed by atoms with Gasteiger partial charge in [-0.2, -0.15) is 0 Å². The molecule has 1 aliphatic rings. The summed E-state index contributed by atoms with van der Waals surface area (Å²) >= 11 is 0. The van der Waals surface area contributed by atoms with Crippen LogP contribution in [-0.4, -0.2) is 17.9 Å². The van der Waals surface area contributed by atoms with Crippen LogP contribution in [0.1, 0.15) is 31.2 Å². The van der Waals surface area contributed by atoms with Gasteiger partial charge < -0.3 is 10.4 Å². The Balaban J connectivity index is 2.40. The number of phenolic OH excluding ortho intramolecular Hbond substituents is 1. The minimum Gasteiger partial charge on any atom is -0.508 e. The summed E-state index contributed by atoms with van der Waals surface area (Å²) in [6, 6.07) is 6.93. The third-order valence-corrected chi connectivity index (χ3v) is 3.47. The van der Waals surface area contributed by atoms with Crippen LogP contribution in [0.2, 0.25) is 0 Å². The molecule has 2 N–H and O–H groups in total. The molecule has 3 nitrogen and oxygen atoms in total. The van der Waals surface area contributed by atoms with Gasteiger partial charge in [0.05, 0.1) is 0 Å². The van der Waals surface area contributed by atoms with Crippen molar-refractivity contribution in [3.8, 4) is 5.75 Å². The molecule has 0 radical (unpaired) electrons. The Bertz CT molecular complexity index is 385. The second kappa shape index (κ2) is 4.26. The average molecular weight is 219 g/mol. The molecule has 86 valence electrons. The van der Waals surface area contributed by atoms with E-state index in [1.165, 1.54) is 0 Å². The van der Waals surface area contributed by atoms with Crippen LogP contribution in [0.25, 0.3) is 0 Å². The van der Waals surface area contributed by atoms with E-state index in [0.29, 0.717) is 6.42 Å². The number of phenols is 1. The van der Waals surface area contributed by atoms with Crippen molar-refractivity contribution in [2.24, 2.45) is 0 Å². The Morgan fingerprint density at radius 2 is 1.94 bits per heavy atom. The molecule has 1 unspecified atom stereocenters. The summed E-state index contributed by atoms with van der Waals surface area (Å²) in [7, 11) is 1.83. The van der Waals surface area contributed by atoms with Crippen LogP contribution in [0, 0.1) is 0 Å². The number of Topliss-reactive ketones (excluding diaryl/α,β-unsaturated/α-hetero) is 1. The van der Waals surface area contributed by atoms with Crippen LogP contribution in [0.4, 0.5) is 0 Å². The first-order chi connectivity index (χ1) is 7.69. The average Bonchev–Trinajstić information content (AvgIpc) is 2.31. The maximum Gasteiger partial charge on any atom is 0.157 e. The summed E-state index contributed by atoms with van der Waals surface area (Å²) < 4.78 is 0. The lowest BCUT2D eigenvalue weighted by Crippen LogP contribution is -2.49. The second-order valence-electron chi connectivity index (χ2n) is 4.33. The first kappa shape index (κ1) is 11.1. The second-order valence-corrected chi connectivity index (χ2v) is 4.33. The lowest BCUT2D eigenvalue weighted by atomic mass is 9.75. The molecule has 2 rings (SSSR count). The van der Waals surface area contributed by atoms with Gasteiger partial charge in [-0.25, -0.2) is 0 Å². The molecule has 1 aliphatic carbocycles. The van der Waals surface area contributed by atoms with Crippen molar-refractivity contribution < 1.29 is 9.90 Å². The summed E-state index contributed by atoms with van der Waals surface area (Å²) in [5, 5.41) is 12.4. The number of hydrogen-bond acceptors (Lipinski definition) is 3. The zero-order valence-corrected chi connectivity index (χ0v) is 9.49. The predicted octanol–water partition coefficient (Wildman–Crippen LogP) is 1.95. The molecule has 0 spiro atoms. The molecule has 0 aromatic heterocycles. The molecule has 1 fully saturated rings. The van der Waals surface area contributed by atoms with E-state index >= 15 is 0 Å². The summed E-state index contributed by atoms with van der Waals surface area (Å²) in [4.78, 5) is 12.1. The van der Waals surface area contributed by atoms with Crippen molar-refractivity contribution in [3.63, 3.8) is 0 Å². The molecule has 1 atom stereocenters. The number of carbonyl (C=O) groups excluding carboxylic acids is 1. The SMILES string of the molecule is CNC1(c2ccc(O)cc2)CCCCC1=O. The van der Waals surface area contributed by atoms with Crippen molar-refractivity contribution >= 4 is 5.78 Å². The first-order valence-electron chi connectivity index (χ1n) is 5.71. The van der Waals surface area contributed by atoms with E-state index in [0.717, 1.165) is 24.8 Å². The van der Waals surface area contributed by atoms with Gasteiger partial charge in [0.25, 0.3) is 0 Å². The number of ketones is 1. The van der Waals surface area contributed by atoms with Gasteiger partial charge in [0.1, 0.15) is 11.3 Å². The molecular formula is C13H17NO2. The fourth-order valence-corrected chi connectivity index (χ4v) is 2.49. The van der Waals surface area contributed by atoms with Crippen molar-refractivity contribution in [2.75, 3.05) is 7.05 Å². The molecule has 1 saturated carbocycles. The number of benzene rings is 1. The Kier molecular flexibility index (Phi) is 2.97. The number of hydrogen-bond donors (Lipinski definition) is 2. The summed E-state index contributed by atoms with van der Waals surface area (Å²) in [6.45, 7) is 0. The van der Waals surface area contributed by atoms with Crippen molar-refractivity contribution in [2.45, 2.75) is 31.2 Å². The normalized spacial score (nSPS) is 25.7. The molecule has 1 aromatic carbocycles. The van der Waals surface area contributed by atoms with Gasteiger partial charge in [0, 0.05) is 6.42 Å². The Labute approximate surface area is 95.5 Å². The third kappa shape index (κ3) is 1.71. The maximum atomic E-state index is 12.1. The fourth-order valence-electron chi connectivity index (χ4n) is 2.49. The van der Waals surface area contributed by atoms with Gasteiger partial charge in [-0.05, 0) is 37.6 Å². The highest BCUT2D eigenvalue weighted by Crippen LogP contribution is 2.34. The smallest absolute Gasteiger partial charge is 0.157 e. The Morgan fingerprint density at radius 3 is 2.50 bits per heavy atom. The summed E-state index contributed by atoms with van der Waals surface area (Å²) in [5.41, 5.74) is 0.420. The first-order valence-corrected chi connectivity index (χ1v) is 5.71. The fraction of sp³-hybridized carbons (Fsp3) is 0.462. The highest BCUT2D eigenvalue weighted by atomic mass is 16.3. The van der Waals surface area contributed by atoms with E-state index in [1.807, 2.05) is 19.2 Å². The number of nitrogens with one attached hydrogen (secondary N) is 1. The van der Waals surface area contributed by atoms with Crippen LogP contribution >= 0.6 is 0 Å². The van der Waals surface area contributed by atoms with E-state index in [2.05, 4.69) is 5.32 Å². The van der Waals surface area contributed by atoms with Gasteiger partial charge in [-0.15, -0.1) is 0 Å². The minimum absolute atomic E-state index is 0.235. The summed E-state index contributed by atoms with van der Waals surface area (Å²) in [6.07, 6.45) is 3.53. The monoisotopic (exact) mass is 219 g/mol.